The minimum absolute atomic E-state index is 0.231. The van der Waals surface area contributed by atoms with E-state index in [9.17, 15) is 9.59 Å². The molecule has 0 saturated heterocycles. The van der Waals surface area contributed by atoms with Crippen LogP contribution in [0, 0.1) is 0 Å². The number of nitrogens with zero attached hydrogens (tertiary/aromatic N) is 1. The summed E-state index contributed by atoms with van der Waals surface area (Å²) >= 11 is 0. The molecule has 2 aromatic rings. The number of para-hydroxylation sites is 1. The van der Waals surface area contributed by atoms with Crippen molar-refractivity contribution in [1.82, 2.24) is 0 Å². The van der Waals surface area contributed by atoms with E-state index in [0.717, 1.165) is 17.7 Å². The second-order valence-corrected chi connectivity index (χ2v) is 6.39. The van der Waals surface area contributed by atoms with Gasteiger partial charge < -0.3 is 19.1 Å². The summed E-state index contributed by atoms with van der Waals surface area (Å²) in [7, 11) is 3.11. The molecule has 6 nitrogen and oxygen atoms in total. The Morgan fingerprint density at radius 2 is 1.89 bits per heavy atom. The Bertz CT molecular complexity index is 906. The van der Waals surface area contributed by atoms with Gasteiger partial charge in [0.2, 0.25) is 0 Å². The van der Waals surface area contributed by atoms with E-state index in [1.807, 2.05) is 24.3 Å². The summed E-state index contributed by atoms with van der Waals surface area (Å²) in [5.41, 5.74) is 2.68. The Morgan fingerprint density at radius 3 is 2.64 bits per heavy atom. The first-order chi connectivity index (χ1) is 13.5. The molecule has 0 unspecified atom stereocenters. The van der Waals surface area contributed by atoms with Gasteiger partial charge in [0.1, 0.15) is 11.5 Å². The van der Waals surface area contributed by atoms with E-state index >= 15 is 0 Å². The third-order valence-electron chi connectivity index (χ3n) is 4.63. The van der Waals surface area contributed by atoms with Crippen LogP contribution in [0.2, 0.25) is 0 Å². The number of carbonyl (C=O) groups is 2. The standard InChI is InChI=1S/C22H23NO5/c1-15(22(25)23-13-12-16-6-4-5-7-19(16)23)28-21(24)11-8-17-14-18(26-2)9-10-20(17)27-3/h4-11,14-15H,12-13H2,1-3H3/b11-8+/t15-/m0/s1. The highest BCUT2D eigenvalue weighted by Gasteiger charge is 2.29. The van der Waals surface area contributed by atoms with Crippen LogP contribution in [0.15, 0.2) is 48.5 Å². The maximum atomic E-state index is 12.7. The van der Waals surface area contributed by atoms with Crippen LogP contribution in [0.3, 0.4) is 0 Å². The molecule has 0 saturated carbocycles. The van der Waals surface area contributed by atoms with Crippen molar-refractivity contribution in [1.29, 1.82) is 0 Å². The molecule has 0 spiro atoms. The van der Waals surface area contributed by atoms with Crippen molar-refractivity contribution < 1.29 is 23.8 Å². The topological polar surface area (TPSA) is 65.1 Å². The average molecular weight is 381 g/mol. The number of hydrogen-bond donors (Lipinski definition) is 0. The van der Waals surface area contributed by atoms with E-state index in [1.165, 1.54) is 6.08 Å². The number of methoxy groups -OCH3 is 2. The monoisotopic (exact) mass is 381 g/mol. The smallest absolute Gasteiger partial charge is 0.331 e. The third-order valence-corrected chi connectivity index (χ3v) is 4.63. The number of amides is 1. The van der Waals surface area contributed by atoms with Crippen molar-refractivity contribution in [2.24, 2.45) is 0 Å². The minimum atomic E-state index is -0.879. The van der Waals surface area contributed by atoms with Gasteiger partial charge in [-0.05, 0) is 49.2 Å². The van der Waals surface area contributed by atoms with Crippen LogP contribution in [0.1, 0.15) is 18.1 Å². The van der Waals surface area contributed by atoms with Crippen molar-refractivity contribution >= 4 is 23.6 Å². The fraction of sp³-hybridized carbons (Fsp3) is 0.273. The lowest BCUT2D eigenvalue weighted by atomic mass is 10.1. The molecule has 0 fully saturated rings. The number of hydrogen-bond acceptors (Lipinski definition) is 5. The van der Waals surface area contributed by atoms with E-state index < -0.39 is 12.1 Å². The second-order valence-electron chi connectivity index (χ2n) is 6.39. The highest BCUT2D eigenvalue weighted by Crippen LogP contribution is 2.28. The first-order valence-electron chi connectivity index (χ1n) is 9.03. The Kier molecular flexibility index (Phi) is 5.99. The number of rotatable bonds is 6. The van der Waals surface area contributed by atoms with Crippen LogP contribution in [-0.2, 0) is 20.7 Å². The molecule has 1 aliphatic heterocycles. The summed E-state index contributed by atoms with van der Waals surface area (Å²) in [4.78, 5) is 26.6. The summed E-state index contributed by atoms with van der Waals surface area (Å²) in [6.07, 6.45) is 2.78. The lowest BCUT2D eigenvalue weighted by molar-refractivity contribution is -0.149. The summed E-state index contributed by atoms with van der Waals surface area (Å²) in [6, 6.07) is 13.0. The number of esters is 1. The van der Waals surface area contributed by atoms with Crippen LogP contribution in [-0.4, -0.2) is 38.7 Å². The zero-order valence-electron chi connectivity index (χ0n) is 16.2. The maximum Gasteiger partial charge on any atom is 0.331 e. The summed E-state index contributed by atoms with van der Waals surface area (Å²) in [6.45, 7) is 2.18. The number of carbonyl (C=O) groups excluding carboxylic acids is 2. The Morgan fingerprint density at radius 1 is 1.11 bits per heavy atom. The number of ether oxygens (including phenoxy) is 3. The largest absolute Gasteiger partial charge is 0.497 e. The van der Waals surface area contributed by atoms with Crippen molar-refractivity contribution in [2.45, 2.75) is 19.4 Å². The zero-order valence-corrected chi connectivity index (χ0v) is 16.2. The fourth-order valence-corrected chi connectivity index (χ4v) is 3.18. The van der Waals surface area contributed by atoms with Gasteiger partial charge in [0.05, 0.1) is 14.2 Å². The number of fused-ring (bicyclic) bond motifs is 1. The van der Waals surface area contributed by atoms with Gasteiger partial charge in [-0.1, -0.05) is 18.2 Å². The van der Waals surface area contributed by atoms with Crippen molar-refractivity contribution in [3.8, 4) is 11.5 Å². The van der Waals surface area contributed by atoms with E-state index in [1.54, 1.807) is 50.3 Å². The van der Waals surface area contributed by atoms with E-state index in [0.29, 0.717) is 23.6 Å². The molecule has 0 aliphatic carbocycles. The Hall–Kier alpha value is -3.28. The first kappa shape index (κ1) is 19.5. The van der Waals surface area contributed by atoms with Crippen molar-refractivity contribution in [3.63, 3.8) is 0 Å². The van der Waals surface area contributed by atoms with Crippen LogP contribution in [0.5, 0.6) is 11.5 Å². The fourth-order valence-electron chi connectivity index (χ4n) is 3.18. The zero-order chi connectivity index (χ0) is 20.1. The molecule has 2 aromatic carbocycles. The quantitative estimate of drug-likeness (QED) is 0.568. The van der Waals surface area contributed by atoms with Crippen molar-refractivity contribution in [2.75, 3.05) is 25.7 Å². The van der Waals surface area contributed by atoms with Crippen molar-refractivity contribution in [3.05, 3.63) is 59.7 Å². The summed E-state index contributed by atoms with van der Waals surface area (Å²) in [5.74, 6) is 0.413. The average Bonchev–Trinajstić information content (AvgIpc) is 3.15. The molecule has 0 radical (unpaired) electrons. The van der Waals surface area contributed by atoms with Gasteiger partial charge in [-0.3, -0.25) is 4.79 Å². The molecule has 28 heavy (non-hydrogen) atoms. The van der Waals surface area contributed by atoms with Gasteiger partial charge in [0.25, 0.3) is 5.91 Å². The molecule has 1 atom stereocenters. The minimum Gasteiger partial charge on any atom is -0.497 e. The molecular formula is C22H23NO5. The van der Waals surface area contributed by atoms with E-state index in [2.05, 4.69) is 0 Å². The van der Waals surface area contributed by atoms with Gasteiger partial charge in [-0.25, -0.2) is 4.79 Å². The molecule has 3 rings (SSSR count). The molecule has 6 heteroatoms. The first-order valence-corrected chi connectivity index (χ1v) is 9.03. The van der Waals surface area contributed by atoms with Gasteiger partial charge in [-0.15, -0.1) is 0 Å². The summed E-state index contributed by atoms with van der Waals surface area (Å²) in [5, 5.41) is 0. The van der Waals surface area contributed by atoms with Crippen LogP contribution >= 0.6 is 0 Å². The Balaban J connectivity index is 1.65. The molecule has 0 bridgehead atoms. The van der Waals surface area contributed by atoms with Gasteiger partial charge in [0.15, 0.2) is 6.10 Å². The molecule has 1 aliphatic rings. The molecule has 1 amide bonds. The van der Waals surface area contributed by atoms with Gasteiger partial charge >= 0.3 is 5.97 Å². The van der Waals surface area contributed by atoms with Crippen LogP contribution in [0.4, 0.5) is 5.69 Å². The summed E-state index contributed by atoms with van der Waals surface area (Å²) < 4.78 is 15.8. The lowest BCUT2D eigenvalue weighted by Gasteiger charge is -2.21. The highest BCUT2D eigenvalue weighted by molar-refractivity contribution is 6.00. The van der Waals surface area contributed by atoms with Crippen LogP contribution < -0.4 is 14.4 Å². The maximum absolute atomic E-state index is 12.7. The molecular weight excluding hydrogens is 358 g/mol. The highest BCUT2D eigenvalue weighted by atomic mass is 16.5. The second kappa shape index (κ2) is 8.61. The molecule has 0 aromatic heterocycles. The number of anilines is 1. The van der Waals surface area contributed by atoms with Gasteiger partial charge in [0, 0.05) is 23.9 Å². The third kappa shape index (κ3) is 4.17. The predicted molar refractivity (Wildman–Crippen MR) is 107 cm³/mol. The molecule has 1 heterocycles. The SMILES string of the molecule is COc1ccc(OC)c(/C=C/C(=O)O[C@@H](C)C(=O)N2CCc3ccccc32)c1. The lowest BCUT2D eigenvalue weighted by Crippen LogP contribution is -2.38. The number of benzene rings is 2. The van der Waals surface area contributed by atoms with Crippen LogP contribution in [0.25, 0.3) is 6.08 Å². The predicted octanol–water partition coefficient (Wildman–Crippen LogP) is 3.24. The normalized spacial score (nSPS) is 13.9. The molecule has 0 N–H and O–H groups in total. The Labute approximate surface area is 164 Å². The van der Waals surface area contributed by atoms with E-state index in [4.69, 9.17) is 14.2 Å². The molecule has 146 valence electrons. The van der Waals surface area contributed by atoms with Gasteiger partial charge in [-0.2, -0.15) is 0 Å². The van der Waals surface area contributed by atoms with E-state index in [-0.39, 0.29) is 5.91 Å².